The maximum atomic E-state index is 11.2. The molecule has 0 aliphatic rings. The van der Waals surface area contributed by atoms with E-state index in [-0.39, 0.29) is 0 Å². The second kappa shape index (κ2) is 4.39. The van der Waals surface area contributed by atoms with Crippen LogP contribution in [-0.2, 0) is 5.60 Å². The highest BCUT2D eigenvalue weighted by molar-refractivity contribution is 5.93. The number of aliphatic hydroxyl groups excluding tert-OH is 1. The molecule has 15 heavy (non-hydrogen) atoms. The number of amides is 1. The molecular formula is C10H14N2O3. The van der Waals surface area contributed by atoms with Gasteiger partial charge in [-0.2, -0.15) is 0 Å². The number of hydrogen-bond acceptors (Lipinski definition) is 4. The van der Waals surface area contributed by atoms with E-state index in [0.717, 1.165) is 0 Å². The Morgan fingerprint density at radius 2 is 2.27 bits per heavy atom. The van der Waals surface area contributed by atoms with Crippen molar-refractivity contribution in [1.29, 1.82) is 0 Å². The van der Waals surface area contributed by atoms with Gasteiger partial charge in [-0.15, -0.1) is 0 Å². The number of nitrogen functional groups attached to an aromatic ring is 1. The van der Waals surface area contributed by atoms with Crippen LogP contribution in [0.25, 0.3) is 0 Å². The van der Waals surface area contributed by atoms with Crippen LogP contribution >= 0.6 is 0 Å². The second-order valence-corrected chi connectivity index (χ2v) is 3.49. The normalized spacial score (nSPS) is 14.4. The van der Waals surface area contributed by atoms with Crippen LogP contribution in [-0.4, -0.2) is 22.7 Å². The number of aliphatic hydroxyl groups is 2. The number of carbonyl (C=O) groups excluding carboxylic acids is 1. The van der Waals surface area contributed by atoms with E-state index in [0.29, 0.717) is 11.1 Å². The van der Waals surface area contributed by atoms with E-state index in [1.54, 1.807) is 18.2 Å². The summed E-state index contributed by atoms with van der Waals surface area (Å²) in [5.74, 6) is 4.55. The number of hydrogen-bond donors (Lipinski definition) is 4. The number of hydrazine groups is 1. The quantitative estimate of drug-likeness (QED) is 0.307. The first-order valence-electron chi connectivity index (χ1n) is 4.46. The van der Waals surface area contributed by atoms with E-state index < -0.39 is 18.1 Å². The van der Waals surface area contributed by atoms with Gasteiger partial charge in [-0.3, -0.25) is 10.2 Å². The molecule has 1 amide bonds. The average Bonchev–Trinajstić information content (AvgIpc) is 2.28. The van der Waals surface area contributed by atoms with Crippen LogP contribution in [0.1, 0.15) is 22.8 Å². The SMILES string of the molecule is CC(O)(CO)c1cccc(C(=O)NN)c1. The highest BCUT2D eigenvalue weighted by Crippen LogP contribution is 2.20. The Morgan fingerprint density at radius 1 is 1.60 bits per heavy atom. The molecule has 1 aromatic rings. The van der Waals surface area contributed by atoms with Gasteiger partial charge in [0.2, 0.25) is 0 Å². The van der Waals surface area contributed by atoms with Gasteiger partial charge < -0.3 is 10.2 Å². The minimum absolute atomic E-state index is 0.337. The van der Waals surface area contributed by atoms with Crippen molar-refractivity contribution in [2.24, 2.45) is 5.84 Å². The zero-order valence-corrected chi connectivity index (χ0v) is 8.40. The molecule has 0 radical (unpaired) electrons. The maximum absolute atomic E-state index is 11.2. The van der Waals surface area contributed by atoms with Gasteiger partial charge in [0.1, 0.15) is 5.60 Å². The highest BCUT2D eigenvalue weighted by atomic mass is 16.3. The Kier molecular flexibility index (Phi) is 3.41. The van der Waals surface area contributed by atoms with Crippen molar-refractivity contribution in [3.8, 4) is 0 Å². The van der Waals surface area contributed by atoms with Gasteiger partial charge in [0.05, 0.1) is 6.61 Å². The van der Waals surface area contributed by atoms with E-state index in [2.05, 4.69) is 0 Å². The van der Waals surface area contributed by atoms with Gasteiger partial charge >= 0.3 is 0 Å². The maximum Gasteiger partial charge on any atom is 0.265 e. The van der Waals surface area contributed by atoms with E-state index >= 15 is 0 Å². The summed E-state index contributed by atoms with van der Waals surface area (Å²) in [6, 6.07) is 6.30. The van der Waals surface area contributed by atoms with Gasteiger partial charge in [0, 0.05) is 5.56 Å². The number of nitrogens with one attached hydrogen (secondary N) is 1. The summed E-state index contributed by atoms with van der Waals surface area (Å²) in [4.78, 5) is 11.2. The summed E-state index contributed by atoms with van der Waals surface area (Å²) in [6.07, 6.45) is 0. The summed E-state index contributed by atoms with van der Waals surface area (Å²) >= 11 is 0. The molecule has 1 unspecified atom stereocenters. The lowest BCUT2D eigenvalue weighted by atomic mass is 9.95. The third-order valence-corrected chi connectivity index (χ3v) is 2.19. The summed E-state index contributed by atoms with van der Waals surface area (Å²) in [5.41, 5.74) is 1.44. The molecule has 5 nitrogen and oxygen atoms in total. The Labute approximate surface area is 87.5 Å². The Balaban J connectivity index is 3.08. The molecule has 0 saturated carbocycles. The van der Waals surface area contributed by atoms with Crippen molar-refractivity contribution in [2.75, 3.05) is 6.61 Å². The predicted molar refractivity (Wildman–Crippen MR) is 54.8 cm³/mol. The molecule has 5 N–H and O–H groups in total. The predicted octanol–water partition coefficient (Wildman–Crippen LogP) is -0.510. The summed E-state index contributed by atoms with van der Waals surface area (Å²) in [7, 11) is 0. The molecule has 82 valence electrons. The highest BCUT2D eigenvalue weighted by Gasteiger charge is 2.22. The first kappa shape index (κ1) is 11.6. The number of nitrogens with two attached hydrogens (primary N) is 1. The van der Waals surface area contributed by atoms with Gasteiger partial charge in [0.25, 0.3) is 5.91 Å². The number of rotatable bonds is 3. The molecule has 0 saturated heterocycles. The van der Waals surface area contributed by atoms with Gasteiger partial charge in [0.15, 0.2) is 0 Å². The summed E-state index contributed by atoms with van der Waals surface area (Å²) in [6.45, 7) is 1.05. The number of carbonyl (C=O) groups is 1. The lowest BCUT2D eigenvalue weighted by molar-refractivity contribution is -0.00231. The Hall–Kier alpha value is -1.43. The first-order chi connectivity index (χ1) is 7.01. The van der Waals surface area contributed by atoms with Crippen molar-refractivity contribution in [3.63, 3.8) is 0 Å². The monoisotopic (exact) mass is 210 g/mol. The van der Waals surface area contributed by atoms with Crippen LogP contribution in [0.15, 0.2) is 24.3 Å². The van der Waals surface area contributed by atoms with Gasteiger partial charge in [-0.25, -0.2) is 5.84 Å². The molecule has 0 fully saturated rings. The summed E-state index contributed by atoms with van der Waals surface area (Å²) < 4.78 is 0. The lowest BCUT2D eigenvalue weighted by Gasteiger charge is -2.21. The van der Waals surface area contributed by atoms with Crippen LogP contribution in [0.4, 0.5) is 0 Å². The molecule has 0 bridgehead atoms. The van der Waals surface area contributed by atoms with Crippen molar-refractivity contribution in [3.05, 3.63) is 35.4 Å². The van der Waals surface area contributed by atoms with E-state index in [4.69, 9.17) is 10.9 Å². The molecule has 1 rings (SSSR count). The van der Waals surface area contributed by atoms with Gasteiger partial charge in [-0.1, -0.05) is 12.1 Å². The van der Waals surface area contributed by atoms with Crippen molar-refractivity contribution < 1.29 is 15.0 Å². The van der Waals surface area contributed by atoms with Crippen LogP contribution in [0.5, 0.6) is 0 Å². The lowest BCUT2D eigenvalue weighted by Crippen LogP contribution is -2.31. The van der Waals surface area contributed by atoms with E-state index in [1.807, 2.05) is 5.43 Å². The topological polar surface area (TPSA) is 95.6 Å². The zero-order valence-electron chi connectivity index (χ0n) is 8.40. The molecule has 0 aromatic heterocycles. The Bertz CT molecular complexity index is 363. The van der Waals surface area contributed by atoms with Crippen LogP contribution in [0.3, 0.4) is 0 Å². The standard InChI is InChI=1S/C10H14N2O3/c1-10(15,6-13)8-4-2-3-7(5-8)9(14)12-11/h2-5,13,15H,6,11H2,1H3,(H,12,14). The molecule has 0 heterocycles. The molecular weight excluding hydrogens is 196 g/mol. The zero-order chi connectivity index (χ0) is 11.5. The van der Waals surface area contributed by atoms with Crippen molar-refractivity contribution in [1.82, 2.24) is 5.43 Å². The second-order valence-electron chi connectivity index (χ2n) is 3.49. The average molecular weight is 210 g/mol. The van der Waals surface area contributed by atoms with Crippen LogP contribution < -0.4 is 11.3 Å². The van der Waals surface area contributed by atoms with Crippen molar-refractivity contribution >= 4 is 5.91 Å². The molecule has 5 heteroatoms. The number of benzene rings is 1. The minimum atomic E-state index is -1.36. The summed E-state index contributed by atoms with van der Waals surface area (Å²) in [5, 5.41) is 18.7. The fraction of sp³-hybridized carbons (Fsp3) is 0.300. The first-order valence-corrected chi connectivity index (χ1v) is 4.46. The van der Waals surface area contributed by atoms with Crippen LogP contribution in [0, 0.1) is 0 Å². The van der Waals surface area contributed by atoms with E-state index in [9.17, 15) is 9.90 Å². The third-order valence-electron chi connectivity index (χ3n) is 2.19. The fourth-order valence-corrected chi connectivity index (χ4v) is 1.17. The van der Waals surface area contributed by atoms with E-state index in [1.165, 1.54) is 13.0 Å². The molecule has 0 aliphatic carbocycles. The minimum Gasteiger partial charge on any atom is -0.393 e. The molecule has 1 atom stereocenters. The largest absolute Gasteiger partial charge is 0.393 e. The van der Waals surface area contributed by atoms with Gasteiger partial charge in [-0.05, 0) is 24.6 Å². The fourth-order valence-electron chi connectivity index (χ4n) is 1.17. The molecule has 0 spiro atoms. The molecule has 0 aliphatic heterocycles. The smallest absolute Gasteiger partial charge is 0.265 e. The van der Waals surface area contributed by atoms with Crippen molar-refractivity contribution in [2.45, 2.75) is 12.5 Å². The molecule has 1 aromatic carbocycles. The Morgan fingerprint density at radius 3 is 2.80 bits per heavy atom. The van der Waals surface area contributed by atoms with Crippen LogP contribution in [0.2, 0.25) is 0 Å². The third kappa shape index (κ3) is 2.53.